The third-order valence-corrected chi connectivity index (χ3v) is 5.47. The first-order chi connectivity index (χ1) is 12.8. The van der Waals surface area contributed by atoms with E-state index in [0.29, 0.717) is 18.0 Å². The van der Waals surface area contributed by atoms with Gasteiger partial charge in [-0.05, 0) is 43.7 Å². The Morgan fingerprint density at radius 1 is 1.08 bits per heavy atom. The molecule has 26 heavy (non-hydrogen) atoms. The van der Waals surface area contributed by atoms with Gasteiger partial charge in [0.15, 0.2) is 5.82 Å². The maximum Gasteiger partial charge on any atom is 0.181 e. The van der Waals surface area contributed by atoms with E-state index >= 15 is 0 Å². The molecule has 0 bridgehead atoms. The fourth-order valence-corrected chi connectivity index (χ4v) is 3.81. The first kappa shape index (κ1) is 16.9. The van der Waals surface area contributed by atoms with Gasteiger partial charge in [0, 0.05) is 30.4 Å². The van der Waals surface area contributed by atoms with Gasteiger partial charge in [0.1, 0.15) is 18.5 Å². The highest BCUT2D eigenvalue weighted by atomic mass is 15.4. The molecule has 1 fully saturated rings. The van der Waals surface area contributed by atoms with E-state index in [4.69, 9.17) is 10.1 Å². The molecule has 0 saturated heterocycles. The molecule has 0 unspecified atom stereocenters. The SMILES string of the molecule is CCC(CC)n1nc(-c2ccncc2)nc1CC1CC(n2cnnc2)C1. The van der Waals surface area contributed by atoms with Gasteiger partial charge in [-0.2, -0.15) is 5.10 Å². The van der Waals surface area contributed by atoms with Gasteiger partial charge >= 0.3 is 0 Å². The normalized spacial score (nSPS) is 19.7. The Morgan fingerprint density at radius 2 is 1.77 bits per heavy atom. The van der Waals surface area contributed by atoms with Crippen molar-refractivity contribution < 1.29 is 0 Å². The lowest BCUT2D eigenvalue weighted by Crippen LogP contribution is -2.29. The molecule has 3 aromatic heterocycles. The largest absolute Gasteiger partial charge is 0.317 e. The van der Waals surface area contributed by atoms with Gasteiger partial charge in [-0.25, -0.2) is 9.67 Å². The molecule has 4 rings (SSSR count). The highest BCUT2D eigenvalue weighted by Crippen LogP contribution is 2.39. The van der Waals surface area contributed by atoms with Crippen LogP contribution >= 0.6 is 0 Å². The Bertz CT molecular complexity index is 815. The number of hydrogen-bond acceptors (Lipinski definition) is 5. The monoisotopic (exact) mass is 351 g/mol. The molecule has 1 aliphatic carbocycles. The van der Waals surface area contributed by atoms with Gasteiger partial charge in [0.2, 0.25) is 0 Å². The number of aromatic nitrogens is 7. The first-order valence-electron chi connectivity index (χ1n) is 9.48. The molecule has 7 heteroatoms. The molecule has 0 atom stereocenters. The molecule has 0 spiro atoms. The Labute approximate surface area is 153 Å². The second-order valence-corrected chi connectivity index (χ2v) is 7.11. The van der Waals surface area contributed by atoms with Crippen molar-refractivity contribution in [3.8, 4) is 11.4 Å². The highest BCUT2D eigenvalue weighted by molar-refractivity contribution is 5.53. The molecule has 0 aliphatic heterocycles. The Morgan fingerprint density at radius 3 is 2.42 bits per heavy atom. The summed E-state index contributed by atoms with van der Waals surface area (Å²) in [5.74, 6) is 2.56. The molecule has 0 radical (unpaired) electrons. The maximum absolute atomic E-state index is 4.90. The second kappa shape index (κ2) is 7.35. The van der Waals surface area contributed by atoms with E-state index in [-0.39, 0.29) is 0 Å². The van der Waals surface area contributed by atoms with Gasteiger partial charge in [-0.3, -0.25) is 4.98 Å². The molecule has 1 saturated carbocycles. The summed E-state index contributed by atoms with van der Waals surface area (Å²) >= 11 is 0. The number of rotatable bonds is 7. The zero-order valence-corrected chi connectivity index (χ0v) is 15.4. The zero-order valence-electron chi connectivity index (χ0n) is 15.4. The fraction of sp³-hybridized carbons (Fsp3) is 0.526. The van der Waals surface area contributed by atoms with Crippen molar-refractivity contribution in [1.29, 1.82) is 0 Å². The Hall–Kier alpha value is -2.57. The van der Waals surface area contributed by atoms with E-state index < -0.39 is 0 Å². The molecule has 3 aromatic rings. The smallest absolute Gasteiger partial charge is 0.181 e. The van der Waals surface area contributed by atoms with Crippen LogP contribution in [0.3, 0.4) is 0 Å². The number of pyridine rings is 1. The van der Waals surface area contributed by atoms with Crippen LogP contribution in [0.4, 0.5) is 0 Å². The molecule has 3 heterocycles. The van der Waals surface area contributed by atoms with Crippen molar-refractivity contribution in [3.63, 3.8) is 0 Å². The highest BCUT2D eigenvalue weighted by Gasteiger charge is 2.32. The predicted octanol–water partition coefficient (Wildman–Crippen LogP) is 3.49. The van der Waals surface area contributed by atoms with Crippen molar-refractivity contribution in [1.82, 2.24) is 34.5 Å². The van der Waals surface area contributed by atoms with Gasteiger partial charge < -0.3 is 4.57 Å². The zero-order chi connectivity index (χ0) is 17.9. The van der Waals surface area contributed by atoms with Crippen molar-refractivity contribution in [3.05, 3.63) is 43.0 Å². The van der Waals surface area contributed by atoms with Crippen LogP contribution in [-0.2, 0) is 6.42 Å². The maximum atomic E-state index is 4.90. The lowest BCUT2D eigenvalue weighted by Gasteiger charge is -2.35. The van der Waals surface area contributed by atoms with E-state index in [1.165, 1.54) is 0 Å². The third kappa shape index (κ3) is 3.25. The summed E-state index contributed by atoms with van der Waals surface area (Å²) in [5, 5.41) is 12.7. The summed E-state index contributed by atoms with van der Waals surface area (Å²) in [6.45, 7) is 4.44. The van der Waals surface area contributed by atoms with Crippen molar-refractivity contribution in [2.75, 3.05) is 0 Å². The molecule has 0 N–H and O–H groups in total. The van der Waals surface area contributed by atoms with Crippen molar-refractivity contribution >= 4 is 0 Å². The molecular weight excluding hydrogens is 326 g/mol. The standard InChI is InChI=1S/C19H25N7/c1-3-16(4-2)26-18(23-19(24-26)15-5-7-20-8-6-15)11-14-9-17(10-14)25-12-21-22-13-25/h5-8,12-14,16-17H,3-4,9-11H2,1-2H3. The first-order valence-corrected chi connectivity index (χ1v) is 9.48. The molecule has 7 nitrogen and oxygen atoms in total. The summed E-state index contributed by atoms with van der Waals surface area (Å²) in [6.07, 6.45) is 12.6. The lowest BCUT2D eigenvalue weighted by molar-refractivity contribution is 0.190. The van der Waals surface area contributed by atoms with Gasteiger partial charge in [-0.1, -0.05) is 13.8 Å². The van der Waals surface area contributed by atoms with E-state index in [0.717, 1.165) is 49.3 Å². The minimum absolute atomic E-state index is 0.404. The summed E-state index contributed by atoms with van der Waals surface area (Å²) in [6, 6.07) is 4.88. The van der Waals surface area contributed by atoms with Gasteiger partial charge in [-0.15, -0.1) is 10.2 Å². The Balaban J connectivity index is 1.53. The van der Waals surface area contributed by atoms with E-state index in [1.807, 2.05) is 24.8 Å². The molecular formula is C19H25N7. The van der Waals surface area contributed by atoms with Gasteiger partial charge in [0.05, 0.1) is 6.04 Å². The summed E-state index contributed by atoms with van der Waals surface area (Å²) < 4.78 is 4.28. The van der Waals surface area contributed by atoms with Crippen LogP contribution in [-0.4, -0.2) is 34.5 Å². The fourth-order valence-electron chi connectivity index (χ4n) is 3.81. The van der Waals surface area contributed by atoms with Crippen molar-refractivity contribution in [2.45, 2.75) is 58.0 Å². The summed E-state index contributed by atoms with van der Waals surface area (Å²) in [7, 11) is 0. The predicted molar refractivity (Wildman–Crippen MR) is 98.4 cm³/mol. The van der Waals surface area contributed by atoms with Crippen LogP contribution in [0, 0.1) is 5.92 Å². The third-order valence-electron chi connectivity index (χ3n) is 5.47. The Kier molecular flexibility index (Phi) is 4.77. The van der Waals surface area contributed by atoms with Crippen LogP contribution in [0.2, 0.25) is 0 Å². The minimum atomic E-state index is 0.404. The molecule has 1 aliphatic rings. The molecule has 0 aromatic carbocycles. The second-order valence-electron chi connectivity index (χ2n) is 7.11. The molecule has 136 valence electrons. The van der Waals surface area contributed by atoms with Crippen LogP contribution in [0.25, 0.3) is 11.4 Å². The van der Waals surface area contributed by atoms with Gasteiger partial charge in [0.25, 0.3) is 0 Å². The number of hydrogen-bond donors (Lipinski definition) is 0. The van der Waals surface area contributed by atoms with Crippen molar-refractivity contribution in [2.24, 2.45) is 5.92 Å². The average molecular weight is 351 g/mol. The van der Waals surface area contributed by atoms with E-state index in [1.54, 1.807) is 12.4 Å². The van der Waals surface area contributed by atoms with Crippen LogP contribution in [0.1, 0.15) is 57.4 Å². The summed E-state index contributed by atoms with van der Waals surface area (Å²) in [5.41, 5.74) is 1.03. The summed E-state index contributed by atoms with van der Waals surface area (Å²) in [4.78, 5) is 9.00. The van der Waals surface area contributed by atoms with Crippen LogP contribution in [0.15, 0.2) is 37.2 Å². The quantitative estimate of drug-likeness (QED) is 0.651. The topological polar surface area (TPSA) is 74.3 Å². The minimum Gasteiger partial charge on any atom is -0.317 e. The van der Waals surface area contributed by atoms with Crippen LogP contribution < -0.4 is 0 Å². The average Bonchev–Trinajstić information content (AvgIpc) is 3.30. The number of nitrogens with zero attached hydrogens (tertiary/aromatic N) is 7. The van der Waals surface area contributed by atoms with E-state index in [2.05, 4.69) is 38.3 Å². The van der Waals surface area contributed by atoms with E-state index in [9.17, 15) is 0 Å². The lowest BCUT2D eigenvalue weighted by atomic mass is 9.78. The molecule has 0 amide bonds. The van der Waals surface area contributed by atoms with Crippen LogP contribution in [0.5, 0.6) is 0 Å².